The summed E-state index contributed by atoms with van der Waals surface area (Å²) < 4.78 is 28.9. The predicted octanol–water partition coefficient (Wildman–Crippen LogP) is -2.59. The Morgan fingerprint density at radius 2 is 1.94 bits per heavy atom. The lowest BCUT2D eigenvalue weighted by Gasteiger charge is -2.40. The number of hydrogen-bond acceptors (Lipinski definition) is 10. The minimum atomic E-state index is -3.87. The van der Waals surface area contributed by atoms with E-state index in [1.165, 1.54) is 25.6 Å². The van der Waals surface area contributed by atoms with E-state index >= 15 is 0 Å². The van der Waals surface area contributed by atoms with E-state index in [0.717, 1.165) is 16.3 Å². The number of aliphatic hydroxyl groups excluding tert-OH is 1. The van der Waals surface area contributed by atoms with Crippen molar-refractivity contribution in [1.29, 1.82) is 0 Å². The van der Waals surface area contributed by atoms with Gasteiger partial charge in [-0.3, -0.25) is 33.1 Å². The molecule has 35 heavy (non-hydrogen) atoms. The molecule has 0 spiro atoms. The number of carbonyl (C=O) groups excluding carboxylic acids is 2. The van der Waals surface area contributed by atoms with Gasteiger partial charge in [-0.2, -0.15) is 0 Å². The van der Waals surface area contributed by atoms with Gasteiger partial charge < -0.3 is 15.0 Å². The molecule has 3 rings (SSSR count). The summed E-state index contributed by atoms with van der Waals surface area (Å²) in [5.41, 5.74) is -0.668. The lowest BCUT2D eigenvalue weighted by molar-refractivity contribution is -0.134. The number of piperazine rings is 1. The first kappa shape index (κ1) is 26.9. The second-order valence-corrected chi connectivity index (χ2v) is 11.2. The van der Waals surface area contributed by atoms with Crippen LogP contribution < -0.4 is 16.0 Å². The zero-order valence-electron chi connectivity index (χ0n) is 19.7. The number of sulfonamides is 1. The molecule has 1 saturated heterocycles. The molecule has 194 valence electrons. The van der Waals surface area contributed by atoms with Gasteiger partial charge in [-0.1, -0.05) is 11.8 Å². The number of aromatic nitrogens is 4. The SMILES string of the molecule is CC(=O)N1CCN(CCS(=O)(=O)NC(=O)CCSc2nc3c([nH]2)c(=O)n(C)c(=O)n3C)C[C@@H]1CO. The molecule has 0 radical (unpaired) electrons. The highest BCUT2D eigenvalue weighted by molar-refractivity contribution is 7.99. The number of imidazole rings is 1. The smallest absolute Gasteiger partial charge is 0.332 e. The van der Waals surface area contributed by atoms with Crippen LogP contribution >= 0.6 is 11.8 Å². The molecule has 0 unspecified atom stereocenters. The summed E-state index contributed by atoms with van der Waals surface area (Å²) in [6.45, 7) is 2.59. The third-order valence-corrected chi connectivity index (χ3v) is 7.90. The number of rotatable bonds is 9. The average Bonchev–Trinajstić information content (AvgIpc) is 3.24. The van der Waals surface area contributed by atoms with Gasteiger partial charge in [0.05, 0.1) is 18.4 Å². The molecule has 3 heterocycles. The molecule has 2 aromatic rings. The second-order valence-electron chi connectivity index (χ2n) is 8.24. The number of nitrogens with one attached hydrogen (secondary N) is 2. The van der Waals surface area contributed by atoms with Crippen LogP contribution in [0.4, 0.5) is 0 Å². The molecular formula is C19H29N7O7S2. The monoisotopic (exact) mass is 531 g/mol. The quantitative estimate of drug-likeness (QED) is 0.291. The Bertz CT molecular complexity index is 1330. The summed E-state index contributed by atoms with van der Waals surface area (Å²) in [7, 11) is -1.02. The molecular weight excluding hydrogens is 502 g/mol. The topological polar surface area (TPSA) is 180 Å². The maximum absolute atomic E-state index is 12.3. The number of H-pyrrole nitrogens is 1. The maximum atomic E-state index is 12.3. The lowest BCUT2D eigenvalue weighted by atomic mass is 10.2. The third kappa shape index (κ3) is 6.31. The molecule has 0 aromatic carbocycles. The molecule has 16 heteroatoms. The Balaban J connectivity index is 1.48. The number of fused-ring (bicyclic) bond motifs is 1. The fourth-order valence-corrected chi connectivity index (χ4v) is 5.69. The Hall–Kier alpha value is -2.69. The summed E-state index contributed by atoms with van der Waals surface area (Å²) in [5.74, 6) is -0.923. The highest BCUT2D eigenvalue weighted by atomic mass is 32.2. The van der Waals surface area contributed by atoms with Crippen molar-refractivity contribution in [3.63, 3.8) is 0 Å². The van der Waals surface area contributed by atoms with Gasteiger partial charge >= 0.3 is 5.69 Å². The third-order valence-electron chi connectivity index (χ3n) is 5.77. The van der Waals surface area contributed by atoms with Crippen LogP contribution in [-0.2, 0) is 33.7 Å². The summed E-state index contributed by atoms with van der Waals surface area (Å²) in [5, 5.41) is 9.83. The van der Waals surface area contributed by atoms with E-state index in [0.29, 0.717) is 24.8 Å². The van der Waals surface area contributed by atoms with E-state index in [9.17, 15) is 32.7 Å². The minimum Gasteiger partial charge on any atom is -0.394 e. The number of amides is 2. The van der Waals surface area contributed by atoms with Crippen molar-refractivity contribution in [2.24, 2.45) is 14.1 Å². The van der Waals surface area contributed by atoms with Crippen molar-refractivity contribution < 1.29 is 23.1 Å². The average molecular weight is 532 g/mol. The van der Waals surface area contributed by atoms with Crippen molar-refractivity contribution in [1.82, 2.24) is 33.6 Å². The van der Waals surface area contributed by atoms with Crippen LogP contribution in [0.2, 0.25) is 0 Å². The minimum absolute atomic E-state index is 0.109. The van der Waals surface area contributed by atoms with Crippen LogP contribution in [0.3, 0.4) is 0 Å². The second kappa shape index (κ2) is 10.9. The van der Waals surface area contributed by atoms with Crippen LogP contribution in [-0.4, -0.2) is 105 Å². The van der Waals surface area contributed by atoms with E-state index in [1.54, 1.807) is 4.90 Å². The van der Waals surface area contributed by atoms with Crippen LogP contribution in [0, 0.1) is 0 Å². The zero-order valence-corrected chi connectivity index (χ0v) is 21.3. The molecule has 2 amide bonds. The number of carbonyl (C=O) groups is 2. The molecule has 2 aromatic heterocycles. The fraction of sp³-hybridized carbons (Fsp3) is 0.632. The first-order valence-electron chi connectivity index (χ1n) is 10.9. The molecule has 1 aliphatic heterocycles. The van der Waals surface area contributed by atoms with Gasteiger partial charge in [-0.15, -0.1) is 0 Å². The van der Waals surface area contributed by atoms with Gasteiger partial charge in [0.25, 0.3) is 5.56 Å². The summed E-state index contributed by atoms with van der Waals surface area (Å²) in [6, 6.07) is -0.392. The van der Waals surface area contributed by atoms with Crippen molar-refractivity contribution in [3.05, 3.63) is 20.8 Å². The van der Waals surface area contributed by atoms with Gasteiger partial charge in [0.15, 0.2) is 16.3 Å². The highest BCUT2D eigenvalue weighted by Crippen LogP contribution is 2.17. The lowest BCUT2D eigenvalue weighted by Crippen LogP contribution is -2.56. The highest BCUT2D eigenvalue weighted by Gasteiger charge is 2.29. The Labute approximate surface area is 205 Å². The molecule has 0 bridgehead atoms. The van der Waals surface area contributed by atoms with E-state index < -0.39 is 33.2 Å². The van der Waals surface area contributed by atoms with E-state index in [1.807, 2.05) is 9.62 Å². The number of aliphatic hydroxyl groups is 1. The van der Waals surface area contributed by atoms with Crippen molar-refractivity contribution in [3.8, 4) is 0 Å². The molecule has 3 N–H and O–H groups in total. The number of hydrogen-bond donors (Lipinski definition) is 3. The Morgan fingerprint density at radius 3 is 2.60 bits per heavy atom. The van der Waals surface area contributed by atoms with E-state index in [2.05, 4.69) is 9.97 Å². The van der Waals surface area contributed by atoms with Crippen LogP contribution in [0.1, 0.15) is 13.3 Å². The first-order chi connectivity index (χ1) is 16.4. The number of aromatic amines is 1. The van der Waals surface area contributed by atoms with Gasteiger partial charge in [0, 0.05) is 59.4 Å². The maximum Gasteiger partial charge on any atom is 0.332 e. The number of aryl methyl sites for hydroxylation is 1. The van der Waals surface area contributed by atoms with Gasteiger partial charge in [0.1, 0.15) is 0 Å². The first-order valence-corrected chi connectivity index (χ1v) is 13.5. The van der Waals surface area contributed by atoms with Crippen LogP contribution in [0.5, 0.6) is 0 Å². The van der Waals surface area contributed by atoms with Gasteiger partial charge in [0.2, 0.25) is 21.8 Å². The van der Waals surface area contributed by atoms with Crippen molar-refractivity contribution in [2.45, 2.75) is 24.5 Å². The number of nitrogens with zero attached hydrogens (tertiary/aromatic N) is 5. The van der Waals surface area contributed by atoms with E-state index in [4.69, 9.17) is 0 Å². The van der Waals surface area contributed by atoms with Crippen molar-refractivity contribution in [2.75, 3.05) is 44.3 Å². The largest absolute Gasteiger partial charge is 0.394 e. The molecule has 1 aliphatic rings. The summed E-state index contributed by atoms with van der Waals surface area (Å²) in [6.07, 6.45) is -0.109. The van der Waals surface area contributed by atoms with Gasteiger partial charge in [-0.25, -0.2) is 18.2 Å². The molecule has 0 aliphatic carbocycles. The molecule has 1 fully saturated rings. The molecule has 1 atom stereocenters. The zero-order chi connectivity index (χ0) is 25.9. The number of thioether (sulfide) groups is 1. The van der Waals surface area contributed by atoms with E-state index in [-0.39, 0.29) is 48.1 Å². The van der Waals surface area contributed by atoms with Crippen molar-refractivity contribution >= 4 is 44.8 Å². The Kier molecular flexibility index (Phi) is 8.40. The summed E-state index contributed by atoms with van der Waals surface area (Å²) in [4.78, 5) is 58.4. The Morgan fingerprint density at radius 1 is 1.23 bits per heavy atom. The van der Waals surface area contributed by atoms with Gasteiger partial charge in [-0.05, 0) is 0 Å². The van der Waals surface area contributed by atoms with Crippen LogP contribution in [0.15, 0.2) is 14.7 Å². The predicted molar refractivity (Wildman–Crippen MR) is 129 cm³/mol. The molecule has 0 saturated carbocycles. The normalized spacial score (nSPS) is 17.1. The van der Waals surface area contributed by atoms with Crippen LogP contribution in [0.25, 0.3) is 11.2 Å². The summed E-state index contributed by atoms with van der Waals surface area (Å²) >= 11 is 1.12. The fourth-order valence-electron chi connectivity index (χ4n) is 3.83. The standard InChI is InChI=1S/C19H29N7O7S2/c1-12(28)26-6-5-25(10-13(26)11-27)7-9-35(32,33)22-14(29)4-8-34-18-20-15-16(21-18)23(2)19(31)24(3)17(15)30/h13,27H,4-11H2,1-3H3,(H,20,21)(H,22,29)/t13-/m1/s1. The molecule has 14 nitrogen and oxygen atoms in total.